The maximum Gasteiger partial charge on any atom is 0.408 e. The number of ether oxygens (including phenoxy) is 2. The van der Waals surface area contributed by atoms with Crippen LogP contribution < -0.4 is 15.4 Å². The fourth-order valence-electron chi connectivity index (χ4n) is 3.83. The van der Waals surface area contributed by atoms with Gasteiger partial charge in [-0.25, -0.2) is 4.79 Å². The topological polar surface area (TPSA) is 111 Å². The molecule has 0 bridgehead atoms. The van der Waals surface area contributed by atoms with Gasteiger partial charge in [-0.1, -0.05) is 72.8 Å². The number of carbonyl (C=O) groups is 4. The monoisotopic (exact) mass is 530 g/mol. The summed E-state index contributed by atoms with van der Waals surface area (Å²) in [4.78, 5) is 49.7. The molecule has 3 rings (SSSR count). The van der Waals surface area contributed by atoms with E-state index in [0.29, 0.717) is 5.75 Å². The van der Waals surface area contributed by atoms with Crippen LogP contribution in [0.2, 0.25) is 0 Å². The Morgan fingerprint density at radius 2 is 1.28 bits per heavy atom. The summed E-state index contributed by atoms with van der Waals surface area (Å²) in [5, 5.41) is 5.25. The zero-order valence-corrected chi connectivity index (χ0v) is 22.4. The lowest BCUT2D eigenvalue weighted by Gasteiger charge is -2.23. The van der Waals surface area contributed by atoms with Crippen molar-refractivity contribution in [2.75, 3.05) is 0 Å². The second-order valence-corrected chi connectivity index (χ2v) is 10.1. The van der Waals surface area contributed by atoms with Crippen LogP contribution >= 0.6 is 0 Å². The highest BCUT2D eigenvalue weighted by atomic mass is 16.5. The van der Waals surface area contributed by atoms with Gasteiger partial charge in [0.15, 0.2) is 6.29 Å². The zero-order chi connectivity index (χ0) is 28.3. The van der Waals surface area contributed by atoms with Crippen molar-refractivity contribution in [3.8, 4) is 5.75 Å². The number of hydrogen-bond donors (Lipinski definition) is 2. The van der Waals surface area contributed by atoms with E-state index in [1.807, 2.05) is 81.4 Å². The molecule has 2 amide bonds. The highest BCUT2D eigenvalue weighted by molar-refractivity contribution is 6.28. The number of benzene rings is 3. The summed E-state index contributed by atoms with van der Waals surface area (Å²) in [6, 6.07) is 23.2. The SMILES string of the molecule is CC(C)(C)Oc1ccc(C[C@H](NC(=O)[C@H](Cc2ccccc2)NC(=O)OCc2ccccc2)C(=O)C=O)cc1. The minimum absolute atomic E-state index is 0.0352. The number of nitrogens with one attached hydrogen (secondary N) is 2. The summed E-state index contributed by atoms with van der Waals surface area (Å²) in [6.07, 6.45) is -0.332. The highest BCUT2D eigenvalue weighted by Gasteiger charge is 2.27. The molecule has 8 heteroatoms. The van der Waals surface area contributed by atoms with E-state index in [0.717, 1.165) is 16.7 Å². The summed E-state index contributed by atoms with van der Waals surface area (Å²) in [6.45, 7) is 5.85. The fourth-order valence-corrected chi connectivity index (χ4v) is 3.83. The lowest BCUT2D eigenvalue weighted by atomic mass is 10.0. The quantitative estimate of drug-likeness (QED) is 0.268. The molecule has 0 unspecified atom stereocenters. The van der Waals surface area contributed by atoms with Crippen molar-refractivity contribution in [1.82, 2.24) is 10.6 Å². The molecule has 2 atom stereocenters. The van der Waals surface area contributed by atoms with Crippen molar-refractivity contribution in [2.45, 2.75) is 57.9 Å². The van der Waals surface area contributed by atoms with Crippen LogP contribution in [0, 0.1) is 0 Å². The Bertz CT molecular complexity index is 1240. The molecule has 0 radical (unpaired) electrons. The molecule has 204 valence electrons. The molecule has 0 aliphatic rings. The molecule has 2 N–H and O–H groups in total. The van der Waals surface area contributed by atoms with Crippen LogP contribution in [0.3, 0.4) is 0 Å². The minimum atomic E-state index is -1.11. The number of aldehydes is 1. The van der Waals surface area contributed by atoms with Crippen LogP contribution in [0.15, 0.2) is 84.9 Å². The van der Waals surface area contributed by atoms with Crippen LogP contribution in [0.4, 0.5) is 4.79 Å². The third kappa shape index (κ3) is 10.1. The van der Waals surface area contributed by atoms with Gasteiger partial charge in [-0.05, 0) is 49.6 Å². The van der Waals surface area contributed by atoms with Crippen LogP contribution in [0.1, 0.15) is 37.5 Å². The van der Waals surface area contributed by atoms with Gasteiger partial charge >= 0.3 is 6.09 Å². The predicted molar refractivity (Wildman–Crippen MR) is 147 cm³/mol. The summed E-state index contributed by atoms with van der Waals surface area (Å²) in [7, 11) is 0. The molecular formula is C31H34N2O6. The molecule has 0 spiro atoms. The van der Waals surface area contributed by atoms with Gasteiger partial charge in [0.05, 0.1) is 6.04 Å². The number of carbonyl (C=O) groups excluding carboxylic acids is 4. The van der Waals surface area contributed by atoms with Gasteiger partial charge in [0.1, 0.15) is 24.0 Å². The van der Waals surface area contributed by atoms with Crippen LogP contribution in [0.25, 0.3) is 0 Å². The van der Waals surface area contributed by atoms with Gasteiger partial charge in [-0.3, -0.25) is 14.4 Å². The first-order valence-electron chi connectivity index (χ1n) is 12.7. The molecule has 3 aromatic rings. The van der Waals surface area contributed by atoms with Crippen molar-refractivity contribution in [3.63, 3.8) is 0 Å². The average Bonchev–Trinajstić information content (AvgIpc) is 2.92. The second kappa shape index (κ2) is 13.9. The maximum absolute atomic E-state index is 13.3. The molecule has 0 fully saturated rings. The average molecular weight is 531 g/mol. The lowest BCUT2D eigenvalue weighted by molar-refractivity contribution is -0.133. The Hall–Kier alpha value is -4.46. The largest absolute Gasteiger partial charge is 0.488 e. The van der Waals surface area contributed by atoms with Crippen molar-refractivity contribution < 1.29 is 28.7 Å². The number of Topliss-reactive ketones (excluding diaryl/α,β-unsaturated/α-hetero) is 1. The third-order valence-corrected chi connectivity index (χ3v) is 5.67. The first kappa shape index (κ1) is 29.1. The van der Waals surface area contributed by atoms with Crippen LogP contribution in [-0.4, -0.2) is 41.8 Å². The Labute approximate surface area is 228 Å². The van der Waals surface area contributed by atoms with Crippen molar-refractivity contribution in [2.24, 2.45) is 0 Å². The van der Waals surface area contributed by atoms with Gasteiger partial charge in [0.25, 0.3) is 0 Å². The number of alkyl carbamates (subject to hydrolysis) is 1. The summed E-state index contributed by atoms with van der Waals surface area (Å²) < 4.78 is 11.1. The van der Waals surface area contributed by atoms with Gasteiger partial charge in [0.2, 0.25) is 11.7 Å². The lowest BCUT2D eigenvalue weighted by Crippen LogP contribution is -2.53. The summed E-state index contributed by atoms with van der Waals surface area (Å²) in [5.74, 6) is -0.721. The van der Waals surface area contributed by atoms with E-state index in [4.69, 9.17) is 9.47 Å². The van der Waals surface area contributed by atoms with Gasteiger partial charge in [-0.15, -0.1) is 0 Å². The molecule has 0 aliphatic heterocycles. The standard InChI is InChI=1S/C31H34N2O6/c1-31(2,3)39-25-16-14-23(15-17-25)18-26(28(35)20-34)32-29(36)27(19-22-10-6-4-7-11-22)33-30(37)38-21-24-12-8-5-9-13-24/h4-17,20,26-27H,18-19,21H2,1-3H3,(H,32,36)(H,33,37)/t26-,27-/m0/s1. The Balaban J connectivity index is 1.71. The van der Waals surface area contributed by atoms with Gasteiger partial charge in [-0.2, -0.15) is 0 Å². The van der Waals surface area contributed by atoms with Crippen molar-refractivity contribution in [1.29, 1.82) is 0 Å². The highest BCUT2D eigenvalue weighted by Crippen LogP contribution is 2.19. The number of rotatable bonds is 12. The normalized spacial score (nSPS) is 12.5. The smallest absolute Gasteiger partial charge is 0.408 e. The predicted octanol–water partition coefficient (Wildman–Crippen LogP) is 4.20. The van der Waals surface area contributed by atoms with E-state index in [-0.39, 0.29) is 31.3 Å². The molecular weight excluding hydrogens is 496 g/mol. The van der Waals surface area contributed by atoms with E-state index in [2.05, 4.69) is 10.6 Å². The second-order valence-electron chi connectivity index (χ2n) is 10.1. The van der Waals surface area contributed by atoms with Gasteiger partial charge in [0, 0.05) is 12.8 Å². The first-order chi connectivity index (χ1) is 18.6. The van der Waals surface area contributed by atoms with E-state index in [9.17, 15) is 19.2 Å². The zero-order valence-electron chi connectivity index (χ0n) is 22.4. The van der Waals surface area contributed by atoms with Crippen molar-refractivity contribution in [3.05, 3.63) is 102 Å². The van der Waals surface area contributed by atoms with E-state index in [1.54, 1.807) is 24.3 Å². The van der Waals surface area contributed by atoms with Crippen molar-refractivity contribution >= 4 is 24.1 Å². The summed E-state index contributed by atoms with van der Waals surface area (Å²) >= 11 is 0. The molecule has 3 aromatic carbocycles. The molecule has 0 aromatic heterocycles. The summed E-state index contributed by atoms with van der Waals surface area (Å²) in [5.41, 5.74) is 1.96. The minimum Gasteiger partial charge on any atom is -0.488 e. The van der Waals surface area contributed by atoms with E-state index >= 15 is 0 Å². The molecule has 0 saturated heterocycles. The molecule has 0 saturated carbocycles. The Morgan fingerprint density at radius 3 is 1.85 bits per heavy atom. The molecule has 0 aliphatic carbocycles. The third-order valence-electron chi connectivity index (χ3n) is 5.67. The van der Waals surface area contributed by atoms with Gasteiger partial charge < -0.3 is 20.1 Å². The Kier molecular flexibility index (Phi) is 10.4. The number of hydrogen-bond acceptors (Lipinski definition) is 6. The molecule has 0 heterocycles. The maximum atomic E-state index is 13.3. The molecule has 8 nitrogen and oxygen atoms in total. The molecule has 39 heavy (non-hydrogen) atoms. The fraction of sp³-hybridized carbons (Fsp3) is 0.290. The Morgan fingerprint density at radius 1 is 0.744 bits per heavy atom. The van der Waals surface area contributed by atoms with E-state index < -0.39 is 29.9 Å². The first-order valence-corrected chi connectivity index (χ1v) is 12.7. The number of ketones is 1. The number of amides is 2. The van der Waals surface area contributed by atoms with Crippen LogP contribution in [0.5, 0.6) is 5.75 Å². The van der Waals surface area contributed by atoms with Crippen LogP contribution in [-0.2, 0) is 38.6 Å². The van der Waals surface area contributed by atoms with E-state index in [1.165, 1.54) is 0 Å².